The molecule has 3 aromatic rings. The van der Waals surface area contributed by atoms with Gasteiger partial charge in [-0.25, -0.2) is 0 Å². The molecule has 0 unspecified atom stereocenters. The maximum absolute atomic E-state index is 12.7. The van der Waals surface area contributed by atoms with E-state index in [4.69, 9.17) is 4.74 Å². The fourth-order valence-electron chi connectivity index (χ4n) is 2.73. The summed E-state index contributed by atoms with van der Waals surface area (Å²) in [5.41, 5.74) is 1.39. The van der Waals surface area contributed by atoms with Crippen molar-refractivity contribution in [2.75, 3.05) is 13.7 Å². The molecule has 0 N–H and O–H groups in total. The van der Waals surface area contributed by atoms with Gasteiger partial charge in [0.15, 0.2) is 4.80 Å². The Bertz CT molecular complexity index is 1100. The van der Waals surface area contributed by atoms with Crippen molar-refractivity contribution in [2.45, 2.75) is 13.5 Å². The number of aromatic nitrogens is 1. The molecule has 0 aliphatic carbocycles. The van der Waals surface area contributed by atoms with Gasteiger partial charge in [-0.2, -0.15) is 4.99 Å². The van der Waals surface area contributed by atoms with Crippen LogP contribution in [0.25, 0.3) is 10.2 Å². The number of hydrogen-bond acceptors (Lipinski definition) is 5. The van der Waals surface area contributed by atoms with Gasteiger partial charge >= 0.3 is 0 Å². The van der Waals surface area contributed by atoms with Crippen LogP contribution in [0.15, 0.2) is 45.9 Å². The number of rotatable bonds is 5. The first-order chi connectivity index (χ1) is 12.9. The highest BCUT2D eigenvalue weighted by molar-refractivity contribution is 9.10. The third-order valence-electron chi connectivity index (χ3n) is 4.09. The molecule has 0 saturated carbocycles. The monoisotopic (exact) mass is 449 g/mol. The number of thiazole rings is 1. The number of fused-ring (bicyclic) bond motifs is 1. The summed E-state index contributed by atoms with van der Waals surface area (Å²) in [5.74, 6) is -0.506. The average Bonchev–Trinajstić information content (AvgIpc) is 2.95. The van der Waals surface area contributed by atoms with Crippen molar-refractivity contribution in [3.63, 3.8) is 0 Å². The van der Waals surface area contributed by atoms with Crippen molar-refractivity contribution in [2.24, 2.45) is 4.99 Å². The van der Waals surface area contributed by atoms with Crippen molar-refractivity contribution in [3.05, 3.63) is 66.9 Å². The number of nitro benzene ring substituents is 1. The van der Waals surface area contributed by atoms with Gasteiger partial charge in [-0.1, -0.05) is 33.3 Å². The topological polar surface area (TPSA) is 86.7 Å². The number of methoxy groups -OCH3 is 1. The van der Waals surface area contributed by atoms with Crippen LogP contribution in [0.4, 0.5) is 5.69 Å². The number of nitro groups is 1. The van der Waals surface area contributed by atoms with Crippen LogP contribution >= 0.6 is 27.3 Å². The number of benzene rings is 2. The first-order valence-corrected chi connectivity index (χ1v) is 9.64. The van der Waals surface area contributed by atoms with Crippen LogP contribution in [-0.4, -0.2) is 29.1 Å². The summed E-state index contributed by atoms with van der Waals surface area (Å²) in [5, 5.41) is 11.1. The van der Waals surface area contributed by atoms with E-state index in [1.54, 1.807) is 20.1 Å². The molecule has 0 spiro atoms. The highest BCUT2D eigenvalue weighted by Gasteiger charge is 2.18. The van der Waals surface area contributed by atoms with E-state index < -0.39 is 10.8 Å². The third-order valence-corrected chi connectivity index (χ3v) is 5.63. The van der Waals surface area contributed by atoms with E-state index in [1.807, 2.05) is 22.8 Å². The average molecular weight is 450 g/mol. The van der Waals surface area contributed by atoms with Gasteiger partial charge in [-0.3, -0.25) is 14.9 Å². The Balaban J connectivity index is 2.14. The van der Waals surface area contributed by atoms with E-state index >= 15 is 0 Å². The van der Waals surface area contributed by atoms with Crippen molar-refractivity contribution in [1.82, 2.24) is 4.57 Å². The summed E-state index contributed by atoms with van der Waals surface area (Å²) >= 11 is 4.83. The molecule has 0 atom stereocenters. The Hall–Kier alpha value is -2.36. The number of amides is 1. The largest absolute Gasteiger partial charge is 0.383 e. The minimum Gasteiger partial charge on any atom is -0.383 e. The standard InChI is InChI=1S/C18H16BrN3O4S/c1-11-13(4-3-5-14(11)22(24)25)17(23)20-18-21(8-9-26-2)15-7-6-12(19)10-16(15)27-18/h3-7,10H,8-9H2,1-2H3. The van der Waals surface area contributed by atoms with Gasteiger partial charge in [0, 0.05) is 29.8 Å². The lowest BCUT2D eigenvalue weighted by Gasteiger charge is -2.05. The van der Waals surface area contributed by atoms with Crippen molar-refractivity contribution >= 4 is 49.1 Å². The molecule has 3 rings (SSSR count). The van der Waals surface area contributed by atoms with Gasteiger partial charge in [-0.05, 0) is 31.2 Å². The van der Waals surface area contributed by atoms with Crippen molar-refractivity contribution < 1.29 is 14.5 Å². The van der Waals surface area contributed by atoms with Crippen LogP contribution in [0.2, 0.25) is 0 Å². The van der Waals surface area contributed by atoms with Crippen LogP contribution < -0.4 is 4.80 Å². The smallest absolute Gasteiger partial charge is 0.280 e. The lowest BCUT2D eigenvalue weighted by atomic mass is 10.1. The molecule has 27 heavy (non-hydrogen) atoms. The van der Waals surface area contributed by atoms with Crippen molar-refractivity contribution in [3.8, 4) is 0 Å². The summed E-state index contributed by atoms with van der Waals surface area (Å²) in [7, 11) is 1.61. The van der Waals surface area contributed by atoms with Crippen molar-refractivity contribution in [1.29, 1.82) is 0 Å². The maximum Gasteiger partial charge on any atom is 0.280 e. The predicted octanol–water partition coefficient (Wildman–Crippen LogP) is 4.07. The first kappa shape index (κ1) is 19.4. The summed E-state index contributed by atoms with van der Waals surface area (Å²) in [6, 6.07) is 10.3. The summed E-state index contributed by atoms with van der Waals surface area (Å²) < 4.78 is 8.99. The minimum absolute atomic E-state index is 0.0939. The van der Waals surface area contributed by atoms with Crippen LogP contribution in [0.1, 0.15) is 15.9 Å². The molecule has 0 saturated heterocycles. The predicted molar refractivity (Wildman–Crippen MR) is 107 cm³/mol. The second-order valence-electron chi connectivity index (χ2n) is 5.76. The minimum atomic E-state index is -0.506. The lowest BCUT2D eigenvalue weighted by molar-refractivity contribution is -0.385. The van der Waals surface area contributed by atoms with Gasteiger partial charge in [0.05, 0.1) is 27.3 Å². The van der Waals surface area contributed by atoms with Gasteiger partial charge in [0.25, 0.3) is 11.6 Å². The Labute approximate surface area is 167 Å². The van der Waals surface area contributed by atoms with E-state index in [0.717, 1.165) is 14.7 Å². The van der Waals surface area contributed by atoms with Gasteiger partial charge in [0.1, 0.15) is 0 Å². The van der Waals surface area contributed by atoms with E-state index in [-0.39, 0.29) is 11.3 Å². The van der Waals surface area contributed by atoms with Gasteiger partial charge in [0.2, 0.25) is 0 Å². The van der Waals surface area contributed by atoms with E-state index in [2.05, 4.69) is 20.9 Å². The molecule has 1 amide bonds. The first-order valence-electron chi connectivity index (χ1n) is 8.03. The Morgan fingerprint density at radius 3 is 2.85 bits per heavy atom. The van der Waals surface area contributed by atoms with Crippen LogP contribution in [0, 0.1) is 17.0 Å². The molecule has 0 fully saturated rings. The molecular formula is C18H16BrN3O4S. The fraction of sp³-hybridized carbons (Fsp3) is 0.222. The van der Waals surface area contributed by atoms with Gasteiger partial charge in [-0.15, -0.1) is 0 Å². The number of carbonyl (C=O) groups excluding carboxylic acids is 1. The zero-order valence-corrected chi connectivity index (χ0v) is 17.0. The van der Waals surface area contributed by atoms with E-state index in [0.29, 0.717) is 23.5 Å². The Morgan fingerprint density at radius 2 is 2.15 bits per heavy atom. The zero-order valence-electron chi connectivity index (χ0n) is 14.6. The number of nitrogens with zero attached hydrogens (tertiary/aromatic N) is 3. The molecule has 0 aliphatic rings. The molecule has 1 aromatic heterocycles. The Morgan fingerprint density at radius 1 is 1.37 bits per heavy atom. The zero-order chi connectivity index (χ0) is 19.6. The molecule has 7 nitrogen and oxygen atoms in total. The Kier molecular flexibility index (Phi) is 5.83. The van der Waals surface area contributed by atoms with Crippen LogP contribution in [0.3, 0.4) is 0 Å². The molecule has 2 aromatic carbocycles. The molecule has 1 heterocycles. The molecule has 0 aliphatic heterocycles. The van der Waals surface area contributed by atoms with Crippen LogP contribution in [-0.2, 0) is 11.3 Å². The second kappa shape index (κ2) is 8.12. The summed E-state index contributed by atoms with van der Waals surface area (Å²) in [4.78, 5) is 28.1. The lowest BCUT2D eigenvalue weighted by Crippen LogP contribution is -2.19. The van der Waals surface area contributed by atoms with Crippen LogP contribution in [0.5, 0.6) is 0 Å². The van der Waals surface area contributed by atoms with Gasteiger partial charge < -0.3 is 9.30 Å². The molecule has 0 radical (unpaired) electrons. The number of carbonyl (C=O) groups is 1. The number of halogens is 1. The quantitative estimate of drug-likeness (QED) is 0.433. The molecule has 140 valence electrons. The van der Waals surface area contributed by atoms with E-state index in [1.165, 1.54) is 23.5 Å². The number of hydrogen-bond donors (Lipinski definition) is 0. The molecule has 9 heteroatoms. The normalized spacial score (nSPS) is 11.9. The molecular weight excluding hydrogens is 434 g/mol. The summed E-state index contributed by atoms with van der Waals surface area (Å²) in [6.07, 6.45) is 0. The second-order valence-corrected chi connectivity index (χ2v) is 7.69. The summed E-state index contributed by atoms with van der Waals surface area (Å²) in [6.45, 7) is 2.57. The third kappa shape index (κ3) is 4.00. The van der Waals surface area contributed by atoms with E-state index in [9.17, 15) is 14.9 Å². The number of ether oxygens (including phenoxy) is 1. The highest BCUT2D eigenvalue weighted by atomic mass is 79.9. The fourth-order valence-corrected chi connectivity index (χ4v) is 4.34. The maximum atomic E-state index is 12.7. The SMILES string of the molecule is COCCn1c(=NC(=O)c2cccc([N+](=O)[O-])c2C)sc2cc(Br)ccc21. The molecule has 0 bridgehead atoms. The highest BCUT2D eigenvalue weighted by Crippen LogP contribution is 2.24.